The average Bonchev–Trinajstić information content (AvgIpc) is 3.06. The number of rotatable bonds is 3. The van der Waals surface area contributed by atoms with Gasteiger partial charge in [0.1, 0.15) is 0 Å². The maximum Gasteiger partial charge on any atom is 0.255 e. The summed E-state index contributed by atoms with van der Waals surface area (Å²) in [6.45, 7) is 0. The normalized spacial score (nSPS) is 29.2. The molecule has 24 heavy (non-hydrogen) atoms. The highest BCUT2D eigenvalue weighted by molar-refractivity contribution is 5.99. The Morgan fingerprint density at radius 3 is 2.58 bits per heavy atom. The van der Waals surface area contributed by atoms with Crippen LogP contribution in [-0.4, -0.2) is 28.2 Å². The lowest BCUT2D eigenvalue weighted by atomic mass is 9.67. The van der Waals surface area contributed by atoms with Gasteiger partial charge in [-0.05, 0) is 37.5 Å². The van der Waals surface area contributed by atoms with Crippen LogP contribution in [0.3, 0.4) is 0 Å². The summed E-state index contributed by atoms with van der Waals surface area (Å²) in [4.78, 5) is 12.9. The molecule has 126 valence electrons. The first-order chi connectivity index (χ1) is 11.7. The number of nitrogens with one attached hydrogen (secondary N) is 2. The molecule has 2 atom stereocenters. The van der Waals surface area contributed by atoms with E-state index in [-0.39, 0.29) is 11.9 Å². The smallest absolute Gasteiger partial charge is 0.255 e. The van der Waals surface area contributed by atoms with Gasteiger partial charge in [-0.3, -0.25) is 9.89 Å². The monoisotopic (exact) mass is 324 g/mol. The van der Waals surface area contributed by atoms with E-state index in [1.165, 1.54) is 19.3 Å². The Balaban J connectivity index is 1.54. The number of benzene rings is 1. The molecule has 2 fully saturated rings. The molecule has 1 heterocycles. The molecule has 1 amide bonds. The Morgan fingerprint density at radius 2 is 1.88 bits per heavy atom. The van der Waals surface area contributed by atoms with Gasteiger partial charge in [0.25, 0.3) is 5.91 Å². The fourth-order valence-electron chi connectivity index (χ4n) is 4.54. The summed E-state index contributed by atoms with van der Waals surface area (Å²) in [7, 11) is 0. The summed E-state index contributed by atoms with van der Waals surface area (Å²) in [6.07, 6.45) is 7.28. The summed E-state index contributed by atoms with van der Waals surface area (Å²) in [5.74, 6) is 1.01. The Hall–Kier alpha value is -2.14. The minimum absolute atomic E-state index is 0.0278. The number of aromatic amines is 1. The molecule has 2 aliphatic rings. The van der Waals surface area contributed by atoms with Gasteiger partial charge in [-0.25, -0.2) is 0 Å². The van der Waals surface area contributed by atoms with Crippen molar-refractivity contribution >= 4 is 5.91 Å². The molecule has 2 aromatic rings. The number of amides is 1. The van der Waals surface area contributed by atoms with Crippen molar-refractivity contribution in [2.24, 2.45) is 17.6 Å². The van der Waals surface area contributed by atoms with Gasteiger partial charge in [0, 0.05) is 17.6 Å². The lowest BCUT2D eigenvalue weighted by Crippen LogP contribution is -2.53. The van der Waals surface area contributed by atoms with Crippen LogP contribution in [0.4, 0.5) is 0 Å². The first-order valence-electron chi connectivity index (χ1n) is 8.87. The third-order valence-corrected chi connectivity index (χ3v) is 5.62. The van der Waals surface area contributed by atoms with E-state index >= 15 is 0 Å². The summed E-state index contributed by atoms with van der Waals surface area (Å²) in [6, 6.07) is 10.4. The first-order valence-corrected chi connectivity index (χ1v) is 8.87. The highest BCUT2D eigenvalue weighted by Crippen LogP contribution is 2.39. The molecule has 4 rings (SSSR count). The van der Waals surface area contributed by atoms with Crippen LogP contribution in [0.5, 0.6) is 0 Å². The van der Waals surface area contributed by atoms with E-state index in [0.717, 1.165) is 24.1 Å². The lowest BCUT2D eigenvalue weighted by molar-refractivity contribution is 0.0756. The van der Waals surface area contributed by atoms with Crippen molar-refractivity contribution in [1.29, 1.82) is 0 Å². The fraction of sp³-hybridized carbons (Fsp3) is 0.474. The number of fused-ring (bicyclic) bond motifs is 2. The minimum atomic E-state index is -0.0278. The van der Waals surface area contributed by atoms with Crippen LogP contribution in [-0.2, 0) is 0 Å². The number of carbonyl (C=O) groups is 1. The zero-order valence-corrected chi connectivity index (χ0v) is 13.7. The number of nitrogens with zero attached hydrogens (tertiary/aromatic N) is 1. The van der Waals surface area contributed by atoms with Crippen molar-refractivity contribution in [3.8, 4) is 11.3 Å². The lowest BCUT2D eigenvalue weighted by Gasteiger charge is -2.45. The van der Waals surface area contributed by atoms with Crippen molar-refractivity contribution < 1.29 is 4.79 Å². The molecule has 5 nitrogen and oxygen atoms in total. The van der Waals surface area contributed by atoms with Crippen LogP contribution in [0.15, 0.2) is 36.5 Å². The molecule has 5 heteroatoms. The zero-order chi connectivity index (χ0) is 16.5. The number of H-pyrrole nitrogens is 1. The van der Waals surface area contributed by atoms with E-state index < -0.39 is 0 Å². The highest BCUT2D eigenvalue weighted by atomic mass is 16.1. The Morgan fingerprint density at radius 1 is 1.17 bits per heavy atom. The number of hydrogen-bond acceptors (Lipinski definition) is 3. The molecule has 0 spiro atoms. The second-order valence-electron chi connectivity index (χ2n) is 7.21. The van der Waals surface area contributed by atoms with Gasteiger partial charge in [-0.2, -0.15) is 5.10 Å². The van der Waals surface area contributed by atoms with Gasteiger partial charge < -0.3 is 11.1 Å². The molecular weight excluding hydrogens is 300 g/mol. The van der Waals surface area contributed by atoms with Crippen molar-refractivity contribution in [2.45, 2.75) is 44.2 Å². The Labute approximate surface area is 142 Å². The van der Waals surface area contributed by atoms with Gasteiger partial charge in [0.2, 0.25) is 0 Å². The summed E-state index contributed by atoms with van der Waals surface area (Å²) < 4.78 is 0. The minimum Gasteiger partial charge on any atom is -0.349 e. The predicted molar refractivity (Wildman–Crippen MR) is 93.3 cm³/mol. The molecule has 0 radical (unpaired) electrons. The number of aromatic nitrogens is 2. The maximum absolute atomic E-state index is 12.9. The predicted octanol–water partition coefficient (Wildman–Crippen LogP) is 2.71. The molecule has 2 unspecified atom stereocenters. The molecule has 2 aliphatic carbocycles. The van der Waals surface area contributed by atoms with Crippen LogP contribution in [0, 0.1) is 11.8 Å². The molecule has 0 aliphatic heterocycles. The molecule has 2 saturated carbocycles. The van der Waals surface area contributed by atoms with E-state index in [0.29, 0.717) is 23.4 Å². The molecule has 4 N–H and O–H groups in total. The molecule has 1 aromatic carbocycles. The van der Waals surface area contributed by atoms with Crippen molar-refractivity contribution in [2.75, 3.05) is 0 Å². The van der Waals surface area contributed by atoms with Crippen molar-refractivity contribution in [3.63, 3.8) is 0 Å². The third kappa shape index (κ3) is 2.84. The number of carbonyl (C=O) groups excluding carboxylic acids is 1. The van der Waals surface area contributed by atoms with Gasteiger partial charge in [-0.15, -0.1) is 0 Å². The SMILES string of the molecule is NC1CC2CCCC(C1)C2NC(=O)c1cn[nH]c1-c1ccccc1. The van der Waals surface area contributed by atoms with E-state index in [9.17, 15) is 4.79 Å². The van der Waals surface area contributed by atoms with E-state index in [2.05, 4.69) is 15.5 Å². The summed E-state index contributed by atoms with van der Waals surface area (Å²) in [5.41, 5.74) is 8.57. The first kappa shape index (κ1) is 15.4. The fourth-order valence-corrected chi connectivity index (χ4v) is 4.54. The van der Waals surface area contributed by atoms with Crippen LogP contribution in [0.2, 0.25) is 0 Å². The highest BCUT2D eigenvalue weighted by Gasteiger charge is 2.40. The van der Waals surface area contributed by atoms with Crippen LogP contribution < -0.4 is 11.1 Å². The van der Waals surface area contributed by atoms with Gasteiger partial charge in [0.15, 0.2) is 0 Å². The quantitative estimate of drug-likeness (QED) is 0.811. The van der Waals surface area contributed by atoms with Crippen molar-refractivity contribution in [1.82, 2.24) is 15.5 Å². The van der Waals surface area contributed by atoms with Crippen molar-refractivity contribution in [3.05, 3.63) is 42.1 Å². The largest absolute Gasteiger partial charge is 0.349 e. The molecule has 0 saturated heterocycles. The molecular formula is C19H24N4O. The Bertz CT molecular complexity index is 697. The van der Waals surface area contributed by atoms with Gasteiger partial charge in [-0.1, -0.05) is 36.8 Å². The molecule has 1 aromatic heterocycles. The standard InChI is InChI=1S/C19H24N4O/c20-15-9-13-7-4-8-14(10-15)17(13)22-19(24)16-11-21-23-18(16)12-5-2-1-3-6-12/h1-3,5-6,11,13-15,17H,4,7-10,20H2,(H,21,23)(H,22,24). The van der Waals surface area contributed by atoms with Gasteiger partial charge in [0.05, 0.1) is 17.5 Å². The Kier molecular flexibility index (Phi) is 4.10. The second-order valence-corrected chi connectivity index (χ2v) is 7.21. The summed E-state index contributed by atoms with van der Waals surface area (Å²) >= 11 is 0. The van der Waals surface area contributed by atoms with Crippen LogP contribution >= 0.6 is 0 Å². The third-order valence-electron chi connectivity index (χ3n) is 5.62. The number of nitrogens with two attached hydrogens (primary N) is 1. The average molecular weight is 324 g/mol. The maximum atomic E-state index is 12.9. The van der Waals surface area contributed by atoms with Crippen LogP contribution in [0.1, 0.15) is 42.5 Å². The van der Waals surface area contributed by atoms with E-state index in [1.54, 1.807) is 6.20 Å². The topological polar surface area (TPSA) is 83.8 Å². The number of hydrogen-bond donors (Lipinski definition) is 3. The van der Waals surface area contributed by atoms with E-state index in [4.69, 9.17) is 5.73 Å². The second kappa shape index (κ2) is 6.40. The summed E-state index contributed by atoms with van der Waals surface area (Å²) in [5, 5.41) is 10.4. The molecule has 2 bridgehead atoms. The van der Waals surface area contributed by atoms with Gasteiger partial charge >= 0.3 is 0 Å². The van der Waals surface area contributed by atoms with Crippen LogP contribution in [0.25, 0.3) is 11.3 Å². The van der Waals surface area contributed by atoms with E-state index in [1.807, 2.05) is 30.3 Å². The zero-order valence-electron chi connectivity index (χ0n) is 13.7.